The van der Waals surface area contributed by atoms with Crippen molar-refractivity contribution < 1.29 is 4.79 Å². The number of hydrogen-bond donors (Lipinski definition) is 1. The molecule has 0 fully saturated rings. The van der Waals surface area contributed by atoms with Crippen molar-refractivity contribution in [1.29, 1.82) is 0 Å². The van der Waals surface area contributed by atoms with Crippen LogP contribution in [0.25, 0.3) is 5.69 Å². The van der Waals surface area contributed by atoms with Gasteiger partial charge in [0.25, 0.3) is 0 Å². The maximum atomic E-state index is 10.7. The molecule has 1 heterocycles. The summed E-state index contributed by atoms with van der Waals surface area (Å²) in [6.45, 7) is 4.30. The third-order valence-corrected chi connectivity index (χ3v) is 3.75. The molecule has 6 nitrogen and oxygen atoms in total. The van der Waals surface area contributed by atoms with Crippen molar-refractivity contribution in [3.05, 3.63) is 29.8 Å². The summed E-state index contributed by atoms with van der Waals surface area (Å²) >= 11 is 1.41. The Bertz CT molecular complexity index is 579. The van der Waals surface area contributed by atoms with Crippen LogP contribution in [-0.2, 0) is 4.79 Å². The van der Waals surface area contributed by atoms with Crippen molar-refractivity contribution in [3.8, 4) is 5.69 Å². The Hall–Kier alpha value is -1.89. The van der Waals surface area contributed by atoms with Crippen molar-refractivity contribution in [2.24, 2.45) is 5.73 Å². The van der Waals surface area contributed by atoms with Crippen molar-refractivity contribution in [1.82, 2.24) is 20.2 Å². The molecule has 1 aromatic heterocycles. The lowest BCUT2D eigenvalue weighted by molar-refractivity contribution is -0.117. The van der Waals surface area contributed by atoms with Crippen molar-refractivity contribution in [2.45, 2.75) is 31.3 Å². The minimum Gasteiger partial charge on any atom is -0.370 e. The Labute approximate surface area is 121 Å². The Morgan fingerprint density at radius 2 is 2.05 bits per heavy atom. The number of amides is 1. The number of tetrazole rings is 1. The van der Waals surface area contributed by atoms with Gasteiger partial charge >= 0.3 is 0 Å². The topological polar surface area (TPSA) is 86.7 Å². The predicted molar refractivity (Wildman–Crippen MR) is 77.8 cm³/mol. The van der Waals surface area contributed by atoms with Crippen LogP contribution in [0, 0.1) is 0 Å². The van der Waals surface area contributed by atoms with Gasteiger partial charge in [-0.2, -0.15) is 4.68 Å². The summed E-state index contributed by atoms with van der Waals surface area (Å²) in [5.74, 6) is 0.736. The molecule has 0 saturated carbocycles. The van der Waals surface area contributed by atoms with Gasteiger partial charge in [0.15, 0.2) is 0 Å². The lowest BCUT2D eigenvalue weighted by Crippen LogP contribution is -2.11. The molecule has 0 saturated heterocycles. The van der Waals surface area contributed by atoms with Crippen LogP contribution in [0.1, 0.15) is 31.7 Å². The average molecular weight is 291 g/mol. The predicted octanol–water partition coefficient (Wildman–Crippen LogP) is 1.75. The van der Waals surface area contributed by atoms with Crippen LogP contribution in [0.4, 0.5) is 0 Å². The zero-order chi connectivity index (χ0) is 14.5. The van der Waals surface area contributed by atoms with Crippen LogP contribution < -0.4 is 5.73 Å². The molecule has 106 valence electrons. The molecular weight excluding hydrogens is 274 g/mol. The number of aromatic nitrogens is 4. The van der Waals surface area contributed by atoms with Gasteiger partial charge < -0.3 is 5.73 Å². The highest BCUT2D eigenvalue weighted by atomic mass is 32.2. The molecule has 0 unspecified atom stereocenters. The Kier molecular flexibility index (Phi) is 4.73. The third kappa shape index (κ3) is 3.57. The highest BCUT2D eigenvalue weighted by molar-refractivity contribution is 7.99. The van der Waals surface area contributed by atoms with E-state index < -0.39 is 0 Å². The second-order valence-electron chi connectivity index (χ2n) is 4.68. The SMILES string of the molecule is CC(C)c1ccc(-n2nnnc2SCCC(N)=O)cc1. The van der Waals surface area contributed by atoms with E-state index in [1.807, 2.05) is 12.1 Å². The lowest BCUT2D eigenvalue weighted by Gasteiger charge is -2.07. The summed E-state index contributed by atoms with van der Waals surface area (Å²) in [5.41, 5.74) is 7.29. The van der Waals surface area contributed by atoms with Gasteiger partial charge in [0.2, 0.25) is 11.1 Å². The van der Waals surface area contributed by atoms with E-state index in [0.29, 0.717) is 23.2 Å². The number of primary amides is 1. The second-order valence-corrected chi connectivity index (χ2v) is 5.75. The van der Waals surface area contributed by atoms with Gasteiger partial charge in [-0.25, -0.2) is 0 Å². The van der Waals surface area contributed by atoms with Gasteiger partial charge in [0.1, 0.15) is 0 Å². The van der Waals surface area contributed by atoms with Crippen LogP contribution in [0.5, 0.6) is 0 Å². The summed E-state index contributed by atoms with van der Waals surface area (Å²) in [4.78, 5) is 10.7. The van der Waals surface area contributed by atoms with Gasteiger partial charge in [0.05, 0.1) is 5.69 Å². The van der Waals surface area contributed by atoms with E-state index in [2.05, 4.69) is 41.5 Å². The van der Waals surface area contributed by atoms with E-state index in [4.69, 9.17) is 5.73 Å². The lowest BCUT2D eigenvalue weighted by atomic mass is 10.0. The number of rotatable bonds is 6. The zero-order valence-corrected chi connectivity index (χ0v) is 12.3. The maximum Gasteiger partial charge on any atom is 0.218 e. The number of benzene rings is 1. The van der Waals surface area contributed by atoms with Gasteiger partial charge in [-0.15, -0.1) is 5.10 Å². The summed E-state index contributed by atoms with van der Waals surface area (Å²) in [6, 6.07) is 8.12. The first-order valence-corrected chi connectivity index (χ1v) is 7.36. The number of thioether (sulfide) groups is 1. The minimum absolute atomic E-state index is 0.309. The first kappa shape index (κ1) is 14.5. The summed E-state index contributed by atoms with van der Waals surface area (Å²) in [6.07, 6.45) is 0.309. The first-order chi connectivity index (χ1) is 9.58. The molecule has 20 heavy (non-hydrogen) atoms. The highest BCUT2D eigenvalue weighted by Gasteiger charge is 2.09. The number of nitrogens with two attached hydrogens (primary N) is 1. The normalized spacial score (nSPS) is 10.9. The number of hydrogen-bond acceptors (Lipinski definition) is 5. The quantitative estimate of drug-likeness (QED) is 0.819. The smallest absolute Gasteiger partial charge is 0.218 e. The fourth-order valence-electron chi connectivity index (χ4n) is 1.67. The Balaban J connectivity index is 2.12. The molecule has 0 aliphatic carbocycles. The molecule has 1 aromatic carbocycles. The van der Waals surface area contributed by atoms with Gasteiger partial charge in [-0.05, 0) is 34.0 Å². The summed E-state index contributed by atoms with van der Waals surface area (Å²) < 4.78 is 1.66. The molecule has 7 heteroatoms. The zero-order valence-electron chi connectivity index (χ0n) is 11.5. The van der Waals surface area contributed by atoms with Crippen LogP contribution in [0.3, 0.4) is 0 Å². The number of carbonyl (C=O) groups excluding carboxylic acids is 1. The summed E-state index contributed by atoms with van der Waals surface area (Å²) in [7, 11) is 0. The molecule has 2 rings (SSSR count). The van der Waals surface area contributed by atoms with Crippen molar-refractivity contribution in [2.75, 3.05) is 5.75 Å². The van der Waals surface area contributed by atoms with Crippen LogP contribution >= 0.6 is 11.8 Å². The van der Waals surface area contributed by atoms with Gasteiger partial charge in [-0.1, -0.05) is 37.7 Å². The van der Waals surface area contributed by atoms with Crippen molar-refractivity contribution >= 4 is 17.7 Å². The molecule has 2 N–H and O–H groups in total. The highest BCUT2D eigenvalue weighted by Crippen LogP contribution is 2.21. The molecule has 0 atom stereocenters. The molecular formula is C13H17N5OS. The van der Waals surface area contributed by atoms with Crippen LogP contribution in [0.15, 0.2) is 29.4 Å². The minimum atomic E-state index is -0.321. The first-order valence-electron chi connectivity index (χ1n) is 6.37. The van der Waals surface area contributed by atoms with E-state index in [0.717, 1.165) is 5.69 Å². The second kappa shape index (κ2) is 6.51. The monoisotopic (exact) mass is 291 g/mol. The Morgan fingerprint density at radius 3 is 2.65 bits per heavy atom. The standard InChI is InChI=1S/C13H17N5OS/c1-9(2)10-3-5-11(6-4-10)18-13(15-16-17-18)20-8-7-12(14)19/h3-6,9H,7-8H2,1-2H3,(H2,14,19). The molecule has 2 aromatic rings. The Morgan fingerprint density at radius 1 is 1.35 bits per heavy atom. The number of nitrogens with zero attached hydrogens (tertiary/aromatic N) is 4. The molecule has 0 spiro atoms. The van der Waals surface area contributed by atoms with Crippen LogP contribution in [0.2, 0.25) is 0 Å². The van der Waals surface area contributed by atoms with Gasteiger partial charge in [0, 0.05) is 12.2 Å². The van der Waals surface area contributed by atoms with E-state index in [1.165, 1.54) is 17.3 Å². The molecule has 0 aliphatic heterocycles. The van der Waals surface area contributed by atoms with Gasteiger partial charge in [-0.3, -0.25) is 4.79 Å². The van der Waals surface area contributed by atoms with Crippen molar-refractivity contribution in [3.63, 3.8) is 0 Å². The maximum absolute atomic E-state index is 10.7. The molecule has 0 aliphatic rings. The number of carbonyl (C=O) groups is 1. The largest absolute Gasteiger partial charge is 0.370 e. The van der Waals surface area contributed by atoms with E-state index in [9.17, 15) is 4.79 Å². The van der Waals surface area contributed by atoms with E-state index in [-0.39, 0.29) is 5.91 Å². The van der Waals surface area contributed by atoms with E-state index in [1.54, 1.807) is 4.68 Å². The third-order valence-electron chi connectivity index (χ3n) is 2.82. The molecule has 0 bridgehead atoms. The van der Waals surface area contributed by atoms with E-state index >= 15 is 0 Å². The fourth-order valence-corrected chi connectivity index (χ4v) is 2.52. The molecule has 0 radical (unpaired) electrons. The van der Waals surface area contributed by atoms with Crippen LogP contribution in [-0.4, -0.2) is 31.9 Å². The summed E-state index contributed by atoms with van der Waals surface area (Å²) in [5, 5.41) is 12.3. The average Bonchev–Trinajstić information content (AvgIpc) is 2.87. The fraction of sp³-hybridized carbons (Fsp3) is 0.385. The molecule has 1 amide bonds.